The van der Waals surface area contributed by atoms with E-state index in [2.05, 4.69) is 0 Å². The molecule has 2 rings (SSSR count). The number of sulfone groups is 1. The highest BCUT2D eigenvalue weighted by Crippen LogP contribution is 2.25. The minimum absolute atomic E-state index is 0.206. The molecule has 23 heavy (non-hydrogen) atoms. The summed E-state index contributed by atoms with van der Waals surface area (Å²) in [5, 5.41) is 0. The molecule has 0 unspecified atom stereocenters. The second-order valence-electron chi connectivity index (χ2n) is 5.70. The standard InChI is InChI=1S/C18H21NO3S/c1-23(21,22)12-6-5-7-14-10-11-16(18(19)20)17(13-14)15-8-3-2-4-9-15/h2-4,8-11,13H,5-7,12H2,1H3,(H2,19,20). The highest BCUT2D eigenvalue weighted by molar-refractivity contribution is 7.90. The van der Waals surface area contributed by atoms with Crippen molar-refractivity contribution >= 4 is 15.7 Å². The molecule has 0 bridgehead atoms. The zero-order valence-corrected chi connectivity index (χ0v) is 14.0. The minimum Gasteiger partial charge on any atom is -0.366 e. The summed E-state index contributed by atoms with van der Waals surface area (Å²) in [6.07, 6.45) is 3.45. The first-order chi connectivity index (χ1) is 10.9. The van der Waals surface area contributed by atoms with Gasteiger partial charge in [-0.2, -0.15) is 0 Å². The Kier molecular flexibility index (Phi) is 5.55. The fraction of sp³-hybridized carbons (Fsp3) is 0.278. The molecule has 2 N–H and O–H groups in total. The van der Waals surface area contributed by atoms with Crippen LogP contribution in [0.1, 0.15) is 28.8 Å². The van der Waals surface area contributed by atoms with Gasteiger partial charge in [-0.25, -0.2) is 8.42 Å². The largest absolute Gasteiger partial charge is 0.366 e. The van der Waals surface area contributed by atoms with Crippen molar-refractivity contribution in [2.45, 2.75) is 19.3 Å². The Morgan fingerprint density at radius 2 is 1.74 bits per heavy atom. The van der Waals surface area contributed by atoms with Crippen LogP contribution in [-0.2, 0) is 16.3 Å². The van der Waals surface area contributed by atoms with Crippen molar-refractivity contribution in [2.24, 2.45) is 5.73 Å². The van der Waals surface area contributed by atoms with Crippen molar-refractivity contribution in [3.63, 3.8) is 0 Å². The van der Waals surface area contributed by atoms with Crippen LogP contribution in [0.4, 0.5) is 0 Å². The number of hydrogen-bond donors (Lipinski definition) is 1. The van der Waals surface area contributed by atoms with E-state index < -0.39 is 15.7 Å². The first kappa shape index (κ1) is 17.2. The fourth-order valence-electron chi connectivity index (χ4n) is 2.51. The monoisotopic (exact) mass is 331 g/mol. The first-order valence-electron chi connectivity index (χ1n) is 7.53. The number of carbonyl (C=O) groups is 1. The van der Waals surface area contributed by atoms with Crippen molar-refractivity contribution in [3.8, 4) is 11.1 Å². The van der Waals surface area contributed by atoms with Crippen molar-refractivity contribution in [1.29, 1.82) is 0 Å². The summed E-state index contributed by atoms with van der Waals surface area (Å²) in [5.74, 6) is -0.245. The van der Waals surface area contributed by atoms with Crippen LogP contribution in [0, 0.1) is 0 Å². The molecule has 2 aromatic rings. The Morgan fingerprint density at radius 3 is 2.35 bits per heavy atom. The average molecular weight is 331 g/mol. The first-order valence-corrected chi connectivity index (χ1v) is 9.59. The Labute approximate surface area is 137 Å². The molecular formula is C18H21NO3S. The maximum Gasteiger partial charge on any atom is 0.249 e. The van der Waals surface area contributed by atoms with Crippen LogP contribution >= 0.6 is 0 Å². The van der Waals surface area contributed by atoms with Crippen molar-refractivity contribution in [1.82, 2.24) is 0 Å². The Hall–Kier alpha value is -2.14. The molecule has 0 aliphatic heterocycles. The Morgan fingerprint density at radius 1 is 1.04 bits per heavy atom. The summed E-state index contributed by atoms with van der Waals surface area (Å²) in [6, 6.07) is 15.2. The van der Waals surface area contributed by atoms with Gasteiger partial charge in [0, 0.05) is 17.6 Å². The number of hydrogen-bond acceptors (Lipinski definition) is 3. The van der Waals surface area contributed by atoms with E-state index in [1.807, 2.05) is 42.5 Å². The lowest BCUT2D eigenvalue weighted by atomic mass is 9.95. The number of unbranched alkanes of at least 4 members (excludes halogenated alkanes) is 1. The molecule has 4 nitrogen and oxygen atoms in total. The number of nitrogens with two attached hydrogens (primary N) is 1. The second kappa shape index (κ2) is 7.42. The highest BCUT2D eigenvalue weighted by atomic mass is 32.2. The number of aryl methyl sites for hydroxylation is 1. The van der Waals surface area contributed by atoms with Gasteiger partial charge in [0.2, 0.25) is 5.91 Å². The number of primary amides is 1. The predicted molar refractivity (Wildman–Crippen MR) is 93.0 cm³/mol. The van der Waals surface area contributed by atoms with Gasteiger partial charge < -0.3 is 5.73 Å². The maximum absolute atomic E-state index is 11.6. The maximum atomic E-state index is 11.6. The molecule has 0 heterocycles. The van der Waals surface area contributed by atoms with Gasteiger partial charge in [-0.3, -0.25) is 4.79 Å². The van der Waals surface area contributed by atoms with E-state index in [-0.39, 0.29) is 5.75 Å². The summed E-state index contributed by atoms with van der Waals surface area (Å²) in [5.41, 5.74) is 8.80. The topological polar surface area (TPSA) is 77.2 Å². The van der Waals surface area contributed by atoms with Gasteiger partial charge in [0.25, 0.3) is 0 Å². The molecule has 0 radical (unpaired) electrons. The van der Waals surface area contributed by atoms with Crippen molar-refractivity contribution < 1.29 is 13.2 Å². The summed E-state index contributed by atoms with van der Waals surface area (Å²) in [4.78, 5) is 11.6. The van der Waals surface area contributed by atoms with Crippen LogP contribution < -0.4 is 5.73 Å². The SMILES string of the molecule is CS(=O)(=O)CCCCc1ccc(C(N)=O)c(-c2ccccc2)c1. The molecule has 0 spiro atoms. The molecule has 0 aromatic heterocycles. The number of rotatable bonds is 7. The normalized spacial score (nSPS) is 11.3. The molecular weight excluding hydrogens is 310 g/mol. The van der Waals surface area contributed by atoms with Gasteiger partial charge >= 0.3 is 0 Å². The molecule has 0 saturated heterocycles. The van der Waals surface area contributed by atoms with Gasteiger partial charge in [0.15, 0.2) is 0 Å². The van der Waals surface area contributed by atoms with E-state index in [0.29, 0.717) is 12.0 Å². The molecule has 5 heteroatoms. The third-order valence-electron chi connectivity index (χ3n) is 3.66. The molecule has 1 amide bonds. The second-order valence-corrected chi connectivity index (χ2v) is 7.96. The zero-order valence-electron chi connectivity index (χ0n) is 13.2. The van der Waals surface area contributed by atoms with Crippen molar-refractivity contribution in [2.75, 3.05) is 12.0 Å². The van der Waals surface area contributed by atoms with E-state index in [9.17, 15) is 13.2 Å². The van der Waals surface area contributed by atoms with Gasteiger partial charge in [-0.1, -0.05) is 42.5 Å². The lowest BCUT2D eigenvalue weighted by molar-refractivity contribution is 0.100. The van der Waals surface area contributed by atoms with Gasteiger partial charge in [0.1, 0.15) is 9.84 Å². The smallest absolute Gasteiger partial charge is 0.249 e. The van der Waals surface area contributed by atoms with Crippen LogP contribution in [0.15, 0.2) is 48.5 Å². The predicted octanol–water partition coefficient (Wildman–Crippen LogP) is 2.82. The van der Waals surface area contributed by atoms with E-state index >= 15 is 0 Å². The third kappa shape index (κ3) is 5.21. The molecule has 0 aliphatic rings. The van der Waals surface area contributed by atoms with E-state index in [4.69, 9.17) is 5.73 Å². The van der Waals surface area contributed by atoms with Gasteiger partial charge in [0.05, 0.1) is 0 Å². The fourth-order valence-corrected chi connectivity index (χ4v) is 3.24. The quantitative estimate of drug-likeness (QED) is 0.793. The van der Waals surface area contributed by atoms with Crippen LogP contribution in [0.25, 0.3) is 11.1 Å². The number of benzene rings is 2. The lowest BCUT2D eigenvalue weighted by Crippen LogP contribution is -2.12. The number of amides is 1. The van der Waals surface area contributed by atoms with Crippen molar-refractivity contribution in [3.05, 3.63) is 59.7 Å². The molecule has 0 saturated carbocycles. The lowest BCUT2D eigenvalue weighted by Gasteiger charge is -2.10. The summed E-state index contributed by atoms with van der Waals surface area (Å²) in [7, 11) is -2.91. The van der Waals surface area contributed by atoms with E-state index in [1.165, 1.54) is 6.26 Å². The third-order valence-corrected chi connectivity index (χ3v) is 4.70. The van der Waals surface area contributed by atoms with Crippen LogP contribution in [0.2, 0.25) is 0 Å². The zero-order chi connectivity index (χ0) is 16.9. The molecule has 2 aromatic carbocycles. The molecule has 122 valence electrons. The van der Waals surface area contributed by atoms with Crippen LogP contribution in [0.3, 0.4) is 0 Å². The van der Waals surface area contributed by atoms with Crippen LogP contribution in [0.5, 0.6) is 0 Å². The Balaban J connectivity index is 2.18. The van der Waals surface area contributed by atoms with Gasteiger partial charge in [-0.05, 0) is 42.0 Å². The van der Waals surface area contributed by atoms with Crippen LogP contribution in [-0.4, -0.2) is 26.3 Å². The van der Waals surface area contributed by atoms with Gasteiger partial charge in [-0.15, -0.1) is 0 Å². The average Bonchev–Trinajstić information content (AvgIpc) is 2.51. The summed E-state index contributed by atoms with van der Waals surface area (Å²) < 4.78 is 22.3. The van der Waals surface area contributed by atoms with E-state index in [1.54, 1.807) is 6.07 Å². The van der Waals surface area contributed by atoms with E-state index in [0.717, 1.165) is 29.5 Å². The molecule has 0 aliphatic carbocycles. The molecule has 0 atom stereocenters. The minimum atomic E-state index is -2.91. The molecule has 0 fully saturated rings. The Bertz CT molecular complexity index is 783. The summed E-state index contributed by atoms with van der Waals surface area (Å²) >= 11 is 0. The summed E-state index contributed by atoms with van der Waals surface area (Å²) in [6.45, 7) is 0. The highest BCUT2D eigenvalue weighted by Gasteiger charge is 2.11. The number of carbonyl (C=O) groups excluding carboxylic acids is 1.